The lowest BCUT2D eigenvalue weighted by atomic mass is 10.0. The quantitative estimate of drug-likeness (QED) is 0.0169. The number of phosphoric acid groups is 2. The normalized spacial score (nSPS) is 14.6. The maximum Gasteiger partial charge on any atom is 0.472 e. The molecule has 0 saturated heterocycles. The Morgan fingerprint density at radius 2 is 0.538 bits per heavy atom. The van der Waals surface area contributed by atoms with Gasteiger partial charge in [0.05, 0.1) is 26.4 Å². The molecule has 19 heteroatoms. The maximum absolute atomic E-state index is 13.1. The van der Waals surface area contributed by atoms with E-state index in [1.165, 1.54) is 64.2 Å². The average Bonchev–Trinajstić information content (AvgIpc) is 0.911. The molecule has 3 N–H and O–H groups in total. The first kappa shape index (κ1) is 99.2. The van der Waals surface area contributed by atoms with E-state index in [1.807, 2.05) is 18.2 Å². The van der Waals surface area contributed by atoms with Gasteiger partial charge in [0.15, 0.2) is 12.2 Å². The van der Waals surface area contributed by atoms with Crippen molar-refractivity contribution in [2.75, 3.05) is 39.6 Å². The van der Waals surface area contributed by atoms with Crippen LogP contribution in [0.2, 0.25) is 0 Å². The summed E-state index contributed by atoms with van der Waals surface area (Å²) in [7, 11) is -9.98. The Hall–Kier alpha value is -4.80. The highest BCUT2D eigenvalue weighted by Gasteiger charge is 2.30. The Bertz CT molecular complexity index is 2490. The highest BCUT2D eigenvalue weighted by Crippen LogP contribution is 2.45. The Morgan fingerprint density at radius 1 is 0.279 bits per heavy atom. The second-order valence-electron chi connectivity index (χ2n) is 26.6. The van der Waals surface area contributed by atoms with Crippen LogP contribution in [-0.2, 0) is 65.4 Å². The fourth-order valence-electron chi connectivity index (χ4n) is 10.5. The number of aliphatic hydroxyl groups excluding tert-OH is 1. The lowest BCUT2D eigenvalue weighted by Gasteiger charge is -2.21. The van der Waals surface area contributed by atoms with E-state index in [1.54, 1.807) is 0 Å². The molecule has 17 nitrogen and oxygen atoms in total. The van der Waals surface area contributed by atoms with Crippen LogP contribution in [0.4, 0.5) is 0 Å². The van der Waals surface area contributed by atoms with Crippen molar-refractivity contribution < 1.29 is 80.2 Å². The third kappa shape index (κ3) is 75.4. The van der Waals surface area contributed by atoms with Gasteiger partial charge in [0.25, 0.3) is 0 Å². The topological polar surface area (TPSA) is 237 Å². The number of unbranched alkanes of at least 4 members (excludes halogenated alkanes) is 27. The summed E-state index contributed by atoms with van der Waals surface area (Å²) < 4.78 is 68.5. The van der Waals surface area contributed by atoms with Crippen LogP contribution < -0.4 is 0 Å². The molecule has 596 valence electrons. The van der Waals surface area contributed by atoms with Gasteiger partial charge in [-0.05, 0) is 122 Å². The number of aliphatic hydroxyl groups is 1. The van der Waals surface area contributed by atoms with Crippen molar-refractivity contribution in [3.63, 3.8) is 0 Å². The Labute approximate surface area is 631 Å². The molecule has 0 aliphatic rings. The molecule has 0 aliphatic carbocycles. The number of rotatable bonds is 75. The molecule has 0 spiro atoms. The van der Waals surface area contributed by atoms with Crippen LogP contribution in [-0.4, -0.2) is 96.7 Å². The molecule has 0 amide bonds. The fourth-order valence-corrected chi connectivity index (χ4v) is 12.1. The highest BCUT2D eigenvalue weighted by molar-refractivity contribution is 7.47. The van der Waals surface area contributed by atoms with Gasteiger partial charge in [-0.25, -0.2) is 9.13 Å². The first-order chi connectivity index (χ1) is 50.7. The minimum absolute atomic E-state index is 0.0354. The minimum atomic E-state index is -5.00. The molecule has 0 aromatic heterocycles. The number of allylic oxidation sites excluding steroid dienone is 22. The number of phosphoric ester groups is 2. The molecule has 0 aromatic carbocycles. The van der Waals surface area contributed by atoms with Gasteiger partial charge in [0.2, 0.25) is 0 Å². The minimum Gasteiger partial charge on any atom is -0.462 e. The number of carbonyl (C=O) groups excluding carboxylic acids is 4. The molecule has 0 fully saturated rings. The van der Waals surface area contributed by atoms with Crippen LogP contribution in [0.15, 0.2) is 134 Å². The lowest BCUT2D eigenvalue weighted by molar-refractivity contribution is -0.161. The van der Waals surface area contributed by atoms with Gasteiger partial charge in [0, 0.05) is 25.7 Å². The third-order valence-electron chi connectivity index (χ3n) is 16.6. The molecule has 0 aromatic rings. The van der Waals surface area contributed by atoms with Crippen molar-refractivity contribution in [2.45, 2.75) is 341 Å². The largest absolute Gasteiger partial charge is 0.472 e. The number of esters is 4. The summed E-state index contributed by atoms with van der Waals surface area (Å²) >= 11 is 0. The van der Waals surface area contributed by atoms with Gasteiger partial charge >= 0.3 is 39.5 Å². The first-order valence-electron chi connectivity index (χ1n) is 40.4. The van der Waals surface area contributed by atoms with Crippen molar-refractivity contribution >= 4 is 39.5 Å². The van der Waals surface area contributed by atoms with Crippen LogP contribution >= 0.6 is 15.6 Å². The molecule has 5 atom stereocenters. The average molecular weight is 1500 g/mol. The van der Waals surface area contributed by atoms with Crippen molar-refractivity contribution in [1.29, 1.82) is 0 Å². The van der Waals surface area contributed by atoms with Crippen molar-refractivity contribution in [3.8, 4) is 0 Å². The molecule has 0 radical (unpaired) electrons. The molecule has 0 heterocycles. The van der Waals surface area contributed by atoms with E-state index in [2.05, 4.69) is 143 Å². The predicted octanol–water partition coefficient (Wildman–Crippen LogP) is 23.7. The zero-order chi connectivity index (χ0) is 76.0. The van der Waals surface area contributed by atoms with Crippen molar-refractivity contribution in [1.82, 2.24) is 0 Å². The zero-order valence-corrected chi connectivity index (χ0v) is 66.9. The molecule has 0 saturated carbocycles. The van der Waals surface area contributed by atoms with Crippen molar-refractivity contribution in [2.24, 2.45) is 0 Å². The predicted molar refractivity (Wildman–Crippen MR) is 427 cm³/mol. The summed E-state index contributed by atoms with van der Waals surface area (Å²) in [5, 5.41) is 10.6. The number of carbonyl (C=O) groups is 4. The molecular weight excluding hydrogens is 1350 g/mol. The standard InChI is InChI=1S/C85H144O17P2/c1-5-9-13-17-21-25-29-33-36-38-39-41-44-47-50-54-58-62-66-70-83(88)96-76-81(102-85(90)72-68-64-60-56-52-48-42-35-31-27-23-19-15-11-7-3)78-100-104(93,94)98-74-79(86)73-97-103(91,92)99-77-80(101-84(89)71-67-63-59-55-51-45-32-28-24-20-16-12-8-4)75-95-82(87)69-65-61-57-53-49-46-43-40-37-34-30-26-22-18-14-10-6-2/h9-10,13-14,16,20-22,25-26,28,32-34,36-37,39,41,47,50,58,62,79-81,86H,5-8,11-12,15,17-19,23-24,27,29-31,35,38,40,42-46,48-49,51-57,59-61,63-78H2,1-4H3,(H,91,92)(H,93,94)/b13-9-,14-10-,20-16-,25-21-,26-22-,32-28-,36-33-,37-34-,41-39-,50-47-,62-58-. The third-order valence-corrected chi connectivity index (χ3v) is 18.5. The summed E-state index contributed by atoms with van der Waals surface area (Å²) in [5.41, 5.74) is 0. The van der Waals surface area contributed by atoms with Gasteiger partial charge in [-0.1, -0.05) is 309 Å². The van der Waals surface area contributed by atoms with Crippen LogP contribution in [0.1, 0.15) is 323 Å². The second kappa shape index (κ2) is 76.4. The Balaban J connectivity index is 5.41. The van der Waals surface area contributed by atoms with Crippen LogP contribution in [0.25, 0.3) is 0 Å². The van der Waals surface area contributed by atoms with E-state index >= 15 is 0 Å². The van der Waals surface area contributed by atoms with Crippen LogP contribution in [0, 0.1) is 0 Å². The van der Waals surface area contributed by atoms with Gasteiger partial charge in [0.1, 0.15) is 19.3 Å². The Morgan fingerprint density at radius 3 is 0.865 bits per heavy atom. The summed E-state index contributed by atoms with van der Waals surface area (Å²) in [4.78, 5) is 73.0. The highest BCUT2D eigenvalue weighted by atomic mass is 31.2. The van der Waals surface area contributed by atoms with Crippen LogP contribution in [0.5, 0.6) is 0 Å². The molecule has 104 heavy (non-hydrogen) atoms. The van der Waals surface area contributed by atoms with E-state index in [-0.39, 0.29) is 25.7 Å². The monoisotopic (exact) mass is 1500 g/mol. The van der Waals surface area contributed by atoms with E-state index in [0.29, 0.717) is 32.1 Å². The van der Waals surface area contributed by atoms with Gasteiger partial charge in [-0.15, -0.1) is 0 Å². The first-order valence-corrected chi connectivity index (χ1v) is 43.4. The van der Waals surface area contributed by atoms with Crippen molar-refractivity contribution in [3.05, 3.63) is 134 Å². The molecule has 0 rings (SSSR count). The maximum atomic E-state index is 13.1. The molecular formula is C85H144O17P2. The summed E-state index contributed by atoms with van der Waals surface area (Å²) in [6, 6.07) is 0. The summed E-state index contributed by atoms with van der Waals surface area (Å²) in [6.45, 7) is 4.50. The number of hydrogen-bond donors (Lipinski definition) is 3. The van der Waals surface area contributed by atoms with Gasteiger partial charge in [-0.3, -0.25) is 37.3 Å². The van der Waals surface area contributed by atoms with Gasteiger partial charge in [-0.2, -0.15) is 0 Å². The molecule has 0 aliphatic heterocycles. The van der Waals surface area contributed by atoms with E-state index < -0.39 is 97.5 Å². The number of hydrogen-bond acceptors (Lipinski definition) is 15. The summed E-state index contributed by atoms with van der Waals surface area (Å²) in [6.07, 6.45) is 85.8. The Kier molecular flexibility index (Phi) is 72.9. The fraction of sp³-hybridized carbons (Fsp3) is 0.694. The van der Waals surface area contributed by atoms with E-state index in [9.17, 15) is 43.2 Å². The SMILES string of the molecule is CC/C=C\C/C=C\C/C=C\C/C=C\C/C=C\C/C=C\CCC(=O)OCC(COP(=O)(O)OCC(O)COP(=O)(O)OCC(COC(=O)CCCCCCCCC/C=C\C/C=C\C/C=C\CC)OC(=O)CCCCCCC/C=C\C/C=C\CCC)OC(=O)CCCCCCCCCCCCCCCCC. The van der Waals surface area contributed by atoms with E-state index in [0.717, 1.165) is 173 Å². The smallest absolute Gasteiger partial charge is 0.462 e. The molecule has 5 unspecified atom stereocenters. The second-order valence-corrected chi connectivity index (χ2v) is 29.5. The molecule has 0 bridgehead atoms. The summed E-state index contributed by atoms with van der Waals surface area (Å²) in [5.74, 6) is -2.29. The zero-order valence-electron chi connectivity index (χ0n) is 65.2. The number of ether oxygens (including phenoxy) is 4. The lowest BCUT2D eigenvalue weighted by Crippen LogP contribution is -2.30. The van der Waals surface area contributed by atoms with Gasteiger partial charge < -0.3 is 33.8 Å². The van der Waals surface area contributed by atoms with E-state index in [4.69, 9.17) is 37.0 Å². The van der Waals surface area contributed by atoms with Crippen LogP contribution in [0.3, 0.4) is 0 Å².